The molecule has 1 amide bonds. The van der Waals surface area contributed by atoms with E-state index in [9.17, 15) is 9.18 Å². The van der Waals surface area contributed by atoms with Crippen LogP contribution in [0.1, 0.15) is 30.0 Å². The summed E-state index contributed by atoms with van der Waals surface area (Å²) in [6.07, 6.45) is 0. The molecule has 28 heavy (non-hydrogen) atoms. The van der Waals surface area contributed by atoms with Crippen molar-refractivity contribution in [2.24, 2.45) is 0 Å². The van der Waals surface area contributed by atoms with E-state index in [2.05, 4.69) is 15.7 Å². The molecule has 6 nitrogen and oxygen atoms in total. The monoisotopic (exact) mass is 382 g/mol. The lowest BCUT2D eigenvalue weighted by molar-refractivity contribution is 0.102. The highest BCUT2D eigenvalue weighted by Gasteiger charge is 2.17. The zero-order valence-corrected chi connectivity index (χ0v) is 16.3. The number of aryl methyl sites for hydroxylation is 1. The van der Waals surface area contributed by atoms with Crippen LogP contribution in [0.15, 0.2) is 48.5 Å². The predicted molar refractivity (Wildman–Crippen MR) is 108 cm³/mol. The Labute approximate surface area is 163 Å². The molecule has 3 aromatic rings. The van der Waals surface area contributed by atoms with Crippen molar-refractivity contribution >= 4 is 17.3 Å². The fourth-order valence-corrected chi connectivity index (χ4v) is 2.83. The molecule has 0 saturated carbocycles. The van der Waals surface area contributed by atoms with Gasteiger partial charge in [-0.3, -0.25) is 4.79 Å². The Bertz CT molecular complexity index is 981. The molecule has 0 aliphatic carbocycles. The molecule has 3 rings (SSSR count). The summed E-state index contributed by atoms with van der Waals surface area (Å²) >= 11 is 0. The van der Waals surface area contributed by atoms with Crippen LogP contribution < -0.4 is 15.4 Å². The van der Waals surface area contributed by atoms with E-state index in [1.807, 2.05) is 45.0 Å². The van der Waals surface area contributed by atoms with Gasteiger partial charge >= 0.3 is 0 Å². The number of carbonyl (C=O) groups excluding carboxylic acids is 1. The summed E-state index contributed by atoms with van der Waals surface area (Å²) in [6, 6.07) is 13.7. The smallest absolute Gasteiger partial charge is 0.276 e. The van der Waals surface area contributed by atoms with Gasteiger partial charge in [-0.15, -0.1) is 0 Å². The minimum absolute atomic E-state index is 0.0916. The van der Waals surface area contributed by atoms with Gasteiger partial charge in [0, 0.05) is 11.7 Å². The quantitative estimate of drug-likeness (QED) is 0.663. The van der Waals surface area contributed by atoms with Crippen molar-refractivity contribution in [1.82, 2.24) is 9.78 Å². The van der Waals surface area contributed by atoms with E-state index in [0.717, 1.165) is 17.1 Å². The Hall–Kier alpha value is -3.35. The number of rotatable bonds is 6. The Balaban J connectivity index is 1.86. The molecule has 146 valence electrons. The average Bonchev–Trinajstić information content (AvgIpc) is 3.06. The molecule has 0 radical (unpaired) electrons. The number of nitrogens with zero attached hydrogens (tertiary/aromatic N) is 2. The van der Waals surface area contributed by atoms with E-state index in [1.54, 1.807) is 30.0 Å². The molecule has 1 aromatic heterocycles. The Morgan fingerprint density at radius 3 is 2.54 bits per heavy atom. The Kier molecular flexibility index (Phi) is 5.63. The van der Waals surface area contributed by atoms with Crippen LogP contribution in [0, 0.1) is 12.7 Å². The first-order valence-electron chi connectivity index (χ1n) is 8.96. The number of nitrogens with one attached hydrogen (secondary N) is 2. The number of amides is 1. The van der Waals surface area contributed by atoms with Crippen LogP contribution >= 0.6 is 0 Å². The molecule has 2 N–H and O–H groups in total. The zero-order valence-electron chi connectivity index (χ0n) is 16.3. The van der Waals surface area contributed by atoms with Crippen molar-refractivity contribution in [3.8, 4) is 11.4 Å². The molecule has 1 heterocycles. The van der Waals surface area contributed by atoms with Crippen molar-refractivity contribution in [1.29, 1.82) is 0 Å². The molecule has 0 atom stereocenters. The fourth-order valence-electron chi connectivity index (χ4n) is 2.83. The molecular formula is C21H23FN4O2. The highest BCUT2D eigenvalue weighted by Crippen LogP contribution is 2.26. The summed E-state index contributed by atoms with van der Waals surface area (Å²) in [5, 5.41) is 10.1. The maximum atomic E-state index is 14.3. The summed E-state index contributed by atoms with van der Waals surface area (Å²) in [6.45, 7) is 5.73. The van der Waals surface area contributed by atoms with Crippen LogP contribution in [0.3, 0.4) is 0 Å². The summed E-state index contributed by atoms with van der Waals surface area (Å²) < 4.78 is 21.1. The number of methoxy groups -OCH3 is 1. The number of ether oxygens (including phenoxy) is 1. The molecule has 7 heteroatoms. The van der Waals surface area contributed by atoms with Crippen LogP contribution in [0.25, 0.3) is 5.69 Å². The molecule has 0 saturated heterocycles. The second-order valence-corrected chi connectivity index (χ2v) is 6.70. The molecule has 0 bridgehead atoms. The second kappa shape index (κ2) is 8.12. The Morgan fingerprint density at radius 2 is 1.89 bits per heavy atom. The number of para-hydroxylation sites is 1. The van der Waals surface area contributed by atoms with Crippen molar-refractivity contribution in [2.75, 3.05) is 17.7 Å². The number of carbonyl (C=O) groups is 1. The highest BCUT2D eigenvalue weighted by atomic mass is 19.1. The third kappa shape index (κ3) is 4.14. The van der Waals surface area contributed by atoms with Crippen LogP contribution in [-0.4, -0.2) is 28.8 Å². The van der Waals surface area contributed by atoms with E-state index in [-0.39, 0.29) is 17.4 Å². The molecule has 0 aliphatic rings. The first-order chi connectivity index (χ1) is 13.4. The third-order valence-electron chi connectivity index (χ3n) is 4.13. The maximum Gasteiger partial charge on any atom is 0.276 e. The SMILES string of the molecule is COc1ccc(-n2nc(C(=O)Nc3c(F)cccc3NC(C)C)cc2C)cc1. The summed E-state index contributed by atoms with van der Waals surface area (Å²) in [5.74, 6) is -0.256. The second-order valence-electron chi connectivity index (χ2n) is 6.70. The molecule has 2 aromatic carbocycles. The van der Waals surface area contributed by atoms with E-state index >= 15 is 0 Å². The van der Waals surface area contributed by atoms with Gasteiger partial charge < -0.3 is 15.4 Å². The fraction of sp³-hybridized carbons (Fsp3) is 0.238. The van der Waals surface area contributed by atoms with Gasteiger partial charge in [0.25, 0.3) is 5.91 Å². The summed E-state index contributed by atoms with van der Waals surface area (Å²) in [7, 11) is 1.60. The lowest BCUT2D eigenvalue weighted by Crippen LogP contribution is -2.18. The minimum Gasteiger partial charge on any atom is -0.497 e. The summed E-state index contributed by atoms with van der Waals surface area (Å²) in [4.78, 5) is 12.7. The highest BCUT2D eigenvalue weighted by molar-refractivity contribution is 6.04. The topological polar surface area (TPSA) is 68.2 Å². The number of hydrogen-bond donors (Lipinski definition) is 2. The normalized spacial score (nSPS) is 10.8. The maximum absolute atomic E-state index is 14.3. The van der Waals surface area contributed by atoms with Crippen LogP contribution in [0.4, 0.5) is 15.8 Å². The average molecular weight is 382 g/mol. The van der Waals surface area contributed by atoms with Gasteiger partial charge in [0.15, 0.2) is 5.69 Å². The first-order valence-corrected chi connectivity index (χ1v) is 8.96. The van der Waals surface area contributed by atoms with Gasteiger partial charge in [0.05, 0.1) is 18.5 Å². The third-order valence-corrected chi connectivity index (χ3v) is 4.13. The molecule has 0 aliphatic heterocycles. The number of halogens is 1. The van der Waals surface area contributed by atoms with Gasteiger partial charge in [-0.05, 0) is 63.2 Å². The minimum atomic E-state index is -0.509. The van der Waals surface area contributed by atoms with Gasteiger partial charge in [-0.25, -0.2) is 9.07 Å². The van der Waals surface area contributed by atoms with E-state index in [4.69, 9.17) is 4.74 Å². The van der Waals surface area contributed by atoms with Gasteiger partial charge in [-0.1, -0.05) is 6.07 Å². The summed E-state index contributed by atoms with van der Waals surface area (Å²) in [5.41, 5.74) is 2.41. The zero-order chi connectivity index (χ0) is 20.3. The molecule has 0 fully saturated rings. The number of hydrogen-bond acceptors (Lipinski definition) is 4. The van der Waals surface area contributed by atoms with Crippen LogP contribution in [-0.2, 0) is 0 Å². The number of anilines is 2. The number of aromatic nitrogens is 2. The van der Waals surface area contributed by atoms with Crippen molar-refractivity contribution in [2.45, 2.75) is 26.8 Å². The Morgan fingerprint density at radius 1 is 1.18 bits per heavy atom. The van der Waals surface area contributed by atoms with Crippen LogP contribution in [0.2, 0.25) is 0 Å². The van der Waals surface area contributed by atoms with E-state index in [1.165, 1.54) is 6.07 Å². The van der Waals surface area contributed by atoms with Crippen LogP contribution in [0.5, 0.6) is 5.75 Å². The standard InChI is InChI=1S/C21H23FN4O2/c1-13(2)23-18-7-5-6-17(22)20(18)24-21(27)19-12-14(3)26(25-19)15-8-10-16(28-4)11-9-15/h5-13,23H,1-4H3,(H,24,27). The lowest BCUT2D eigenvalue weighted by atomic mass is 10.2. The van der Waals surface area contributed by atoms with Crippen molar-refractivity contribution in [3.63, 3.8) is 0 Å². The largest absolute Gasteiger partial charge is 0.497 e. The predicted octanol–water partition coefficient (Wildman–Crippen LogP) is 4.40. The molecule has 0 spiro atoms. The van der Waals surface area contributed by atoms with Gasteiger partial charge in [-0.2, -0.15) is 5.10 Å². The lowest BCUT2D eigenvalue weighted by Gasteiger charge is -2.15. The van der Waals surface area contributed by atoms with E-state index < -0.39 is 11.7 Å². The molecule has 0 unspecified atom stereocenters. The van der Waals surface area contributed by atoms with E-state index in [0.29, 0.717) is 5.69 Å². The first kappa shape index (κ1) is 19.4. The van der Waals surface area contributed by atoms with Crippen molar-refractivity contribution < 1.29 is 13.9 Å². The molecular weight excluding hydrogens is 359 g/mol. The van der Waals surface area contributed by atoms with Gasteiger partial charge in [0.1, 0.15) is 17.3 Å². The van der Waals surface area contributed by atoms with Gasteiger partial charge in [0.2, 0.25) is 0 Å². The van der Waals surface area contributed by atoms with Crippen molar-refractivity contribution in [3.05, 3.63) is 65.7 Å². The number of benzene rings is 2.